The first-order valence-corrected chi connectivity index (χ1v) is 13.5. The third-order valence-electron chi connectivity index (χ3n) is 4.83. The van der Waals surface area contributed by atoms with E-state index in [-0.39, 0.29) is 17.1 Å². The average Bonchev–Trinajstić information content (AvgIpc) is 2.98. The first-order valence-electron chi connectivity index (χ1n) is 9.85. The zero-order valence-electron chi connectivity index (χ0n) is 17.9. The van der Waals surface area contributed by atoms with Crippen LogP contribution < -0.4 is 10.3 Å². The number of thiophene rings is 1. The molecule has 0 fully saturated rings. The van der Waals surface area contributed by atoms with Gasteiger partial charge >= 0.3 is 0 Å². The number of ketones is 1. The van der Waals surface area contributed by atoms with Crippen LogP contribution in [-0.4, -0.2) is 35.8 Å². The fraction of sp³-hybridized carbons (Fsp3) is 0.381. The van der Waals surface area contributed by atoms with Gasteiger partial charge < -0.3 is 0 Å². The number of hydrogen-bond donors (Lipinski definition) is 1. The molecule has 1 aromatic carbocycles. The molecule has 0 bridgehead atoms. The summed E-state index contributed by atoms with van der Waals surface area (Å²) < 4.78 is 26.7. The number of anilines is 1. The maximum atomic E-state index is 13.1. The minimum absolute atomic E-state index is 0.0496. The number of fused-ring (bicyclic) bond motifs is 1. The summed E-state index contributed by atoms with van der Waals surface area (Å²) in [5.41, 5.74) is 1.79. The highest BCUT2D eigenvalue weighted by Gasteiger charge is 2.18. The molecule has 0 aliphatic carbocycles. The van der Waals surface area contributed by atoms with Crippen molar-refractivity contribution in [3.63, 3.8) is 0 Å². The van der Waals surface area contributed by atoms with Crippen molar-refractivity contribution in [3.05, 3.63) is 50.6 Å². The highest BCUT2D eigenvalue weighted by atomic mass is 32.2. The van der Waals surface area contributed by atoms with Crippen LogP contribution in [0.1, 0.15) is 40.6 Å². The van der Waals surface area contributed by atoms with Crippen LogP contribution in [0.4, 0.5) is 5.69 Å². The number of nitrogens with one attached hydrogen (secondary N) is 1. The average molecular weight is 480 g/mol. The van der Waals surface area contributed by atoms with Crippen LogP contribution in [0.2, 0.25) is 0 Å². The Balaban J connectivity index is 1.84. The van der Waals surface area contributed by atoms with Gasteiger partial charge in [-0.25, -0.2) is 13.4 Å². The number of carbonyl (C=O) groups excluding carboxylic acids is 1. The smallest absolute Gasteiger partial charge is 0.263 e. The Morgan fingerprint density at radius 3 is 2.52 bits per heavy atom. The zero-order valence-corrected chi connectivity index (χ0v) is 20.3. The highest BCUT2D eigenvalue weighted by Crippen LogP contribution is 2.29. The molecule has 3 aromatic rings. The van der Waals surface area contributed by atoms with Crippen molar-refractivity contribution in [2.24, 2.45) is 0 Å². The van der Waals surface area contributed by atoms with Crippen molar-refractivity contribution >= 4 is 54.8 Å². The van der Waals surface area contributed by atoms with Crippen LogP contribution in [0.3, 0.4) is 0 Å². The molecule has 2 aromatic heterocycles. The normalized spacial score (nSPS) is 11.7. The maximum Gasteiger partial charge on any atom is 0.263 e. The van der Waals surface area contributed by atoms with E-state index in [2.05, 4.69) is 11.6 Å². The lowest BCUT2D eigenvalue weighted by Crippen LogP contribution is -2.23. The van der Waals surface area contributed by atoms with E-state index in [1.54, 1.807) is 28.8 Å². The number of benzene rings is 1. The predicted octanol–water partition coefficient (Wildman–Crippen LogP) is 4.22. The zero-order chi connectivity index (χ0) is 22.8. The van der Waals surface area contributed by atoms with Gasteiger partial charge in [-0.2, -0.15) is 0 Å². The Kier molecular flexibility index (Phi) is 7.23. The van der Waals surface area contributed by atoms with Gasteiger partial charge in [0.05, 0.1) is 17.4 Å². The fourth-order valence-corrected chi connectivity index (χ4v) is 5.64. The lowest BCUT2D eigenvalue weighted by atomic mass is 10.1. The number of nitrogens with zero attached hydrogens (tertiary/aromatic N) is 2. The molecule has 0 radical (unpaired) electrons. The topological polar surface area (TPSA) is 98.1 Å². The Labute approximate surface area is 190 Å². The molecule has 2 heterocycles. The summed E-state index contributed by atoms with van der Waals surface area (Å²) in [7, 11) is -3.37. The number of Topliss-reactive ketones (excluding diaryl/α,β-unsaturated/α-hetero) is 1. The van der Waals surface area contributed by atoms with E-state index < -0.39 is 10.0 Å². The number of aromatic nitrogens is 2. The van der Waals surface area contributed by atoms with E-state index in [0.29, 0.717) is 33.2 Å². The molecule has 7 nitrogen and oxygen atoms in total. The first-order chi connectivity index (χ1) is 14.6. The van der Waals surface area contributed by atoms with Crippen molar-refractivity contribution in [2.75, 3.05) is 16.7 Å². The van der Waals surface area contributed by atoms with E-state index >= 15 is 0 Å². The minimum Gasteiger partial charge on any atom is -0.293 e. The summed E-state index contributed by atoms with van der Waals surface area (Å²) in [6, 6.07) is 6.28. The summed E-state index contributed by atoms with van der Waals surface area (Å²) in [5, 5.41) is 1.22. The van der Waals surface area contributed by atoms with Gasteiger partial charge in [0, 0.05) is 22.7 Å². The van der Waals surface area contributed by atoms with E-state index in [0.717, 1.165) is 29.5 Å². The van der Waals surface area contributed by atoms with Crippen LogP contribution in [0.5, 0.6) is 0 Å². The van der Waals surface area contributed by atoms with Crippen molar-refractivity contribution in [1.82, 2.24) is 9.55 Å². The van der Waals surface area contributed by atoms with Gasteiger partial charge in [0.2, 0.25) is 10.0 Å². The monoisotopic (exact) mass is 479 g/mol. The SMILES string of the molecule is CCCCn1c(SCC(=O)c2ccc(NS(C)(=O)=O)cc2)nc2sc(C)c(C)c2c1=O. The molecule has 1 N–H and O–H groups in total. The Morgan fingerprint density at radius 2 is 1.90 bits per heavy atom. The number of hydrogen-bond acceptors (Lipinski definition) is 7. The molecule has 0 aliphatic rings. The number of sulfonamides is 1. The third kappa shape index (κ3) is 5.55. The molecular weight excluding hydrogens is 454 g/mol. The Hall–Kier alpha value is -2.17. The fourth-order valence-electron chi connectivity index (χ4n) is 3.08. The van der Waals surface area contributed by atoms with E-state index in [1.165, 1.54) is 23.1 Å². The second-order valence-corrected chi connectivity index (χ2v) is 11.2. The minimum atomic E-state index is -3.37. The van der Waals surface area contributed by atoms with Gasteiger partial charge in [0.1, 0.15) is 4.83 Å². The summed E-state index contributed by atoms with van der Waals surface area (Å²) >= 11 is 2.75. The van der Waals surface area contributed by atoms with Crippen molar-refractivity contribution < 1.29 is 13.2 Å². The Bertz CT molecular complexity index is 1280. The van der Waals surface area contributed by atoms with E-state index in [9.17, 15) is 18.0 Å². The lowest BCUT2D eigenvalue weighted by molar-refractivity contribution is 0.102. The quantitative estimate of drug-likeness (QED) is 0.280. The molecule has 0 unspecified atom stereocenters. The predicted molar refractivity (Wildman–Crippen MR) is 128 cm³/mol. The molecule has 3 rings (SSSR count). The van der Waals surface area contributed by atoms with Gasteiger partial charge in [0.25, 0.3) is 5.56 Å². The van der Waals surface area contributed by atoms with Gasteiger partial charge in [-0.05, 0) is 50.1 Å². The molecule has 166 valence electrons. The number of unbranched alkanes of at least 4 members (excludes halogenated alkanes) is 1. The van der Waals surface area contributed by atoms with E-state index in [4.69, 9.17) is 4.98 Å². The summed E-state index contributed by atoms with van der Waals surface area (Å²) in [6.07, 6.45) is 2.87. The highest BCUT2D eigenvalue weighted by molar-refractivity contribution is 7.99. The van der Waals surface area contributed by atoms with Crippen LogP contribution in [0, 0.1) is 13.8 Å². The molecule has 0 amide bonds. The standard InChI is InChI=1S/C21H25N3O4S3/c1-5-6-11-24-20(26)18-13(2)14(3)30-19(18)22-21(24)29-12-17(25)15-7-9-16(10-8-15)23-31(4,27)28/h7-10,23H,5-6,11-12H2,1-4H3. The van der Waals surface area contributed by atoms with Crippen LogP contribution in [0.15, 0.2) is 34.2 Å². The molecule has 0 atom stereocenters. The summed E-state index contributed by atoms with van der Waals surface area (Å²) in [4.78, 5) is 32.3. The molecule has 10 heteroatoms. The Morgan fingerprint density at radius 1 is 1.23 bits per heavy atom. The second kappa shape index (κ2) is 9.54. The molecule has 0 aliphatic heterocycles. The van der Waals surface area contributed by atoms with Crippen LogP contribution >= 0.6 is 23.1 Å². The summed E-state index contributed by atoms with van der Waals surface area (Å²) in [6.45, 7) is 6.56. The first kappa shape index (κ1) is 23.5. The molecular formula is C21H25N3O4S3. The van der Waals surface area contributed by atoms with Crippen molar-refractivity contribution in [3.8, 4) is 0 Å². The molecule has 0 spiro atoms. The van der Waals surface area contributed by atoms with Crippen LogP contribution in [0.25, 0.3) is 10.2 Å². The molecule has 0 saturated carbocycles. The van der Waals surface area contributed by atoms with Gasteiger partial charge in [0.15, 0.2) is 10.9 Å². The number of thioether (sulfide) groups is 1. The van der Waals surface area contributed by atoms with Crippen LogP contribution in [-0.2, 0) is 16.6 Å². The van der Waals surface area contributed by atoms with Crippen molar-refractivity contribution in [2.45, 2.75) is 45.3 Å². The van der Waals surface area contributed by atoms with Gasteiger partial charge in [-0.15, -0.1) is 11.3 Å². The molecule has 31 heavy (non-hydrogen) atoms. The largest absolute Gasteiger partial charge is 0.293 e. The number of rotatable bonds is 9. The third-order valence-corrected chi connectivity index (χ3v) is 7.52. The lowest BCUT2D eigenvalue weighted by Gasteiger charge is -2.11. The summed E-state index contributed by atoms with van der Waals surface area (Å²) in [5.74, 6) is 0.0116. The van der Waals surface area contributed by atoms with Gasteiger partial charge in [-0.3, -0.25) is 18.9 Å². The van der Waals surface area contributed by atoms with E-state index in [1.807, 2.05) is 13.8 Å². The van der Waals surface area contributed by atoms with Crippen molar-refractivity contribution in [1.29, 1.82) is 0 Å². The maximum absolute atomic E-state index is 13.1. The number of aryl methyl sites for hydroxylation is 2. The second-order valence-electron chi connectivity index (χ2n) is 7.33. The molecule has 0 saturated heterocycles. The number of carbonyl (C=O) groups is 1. The van der Waals surface area contributed by atoms with Gasteiger partial charge in [-0.1, -0.05) is 25.1 Å².